The monoisotopic (exact) mass is 263 g/mol. The van der Waals surface area contributed by atoms with Crippen LogP contribution < -0.4 is 4.74 Å². The van der Waals surface area contributed by atoms with E-state index in [1.54, 1.807) is 6.20 Å². The second-order valence-electron chi connectivity index (χ2n) is 4.56. The van der Waals surface area contributed by atoms with Crippen LogP contribution in [0.5, 0.6) is 5.75 Å². The molecule has 0 bridgehead atoms. The summed E-state index contributed by atoms with van der Waals surface area (Å²) >= 11 is 0. The summed E-state index contributed by atoms with van der Waals surface area (Å²) in [5.74, 6) is 0.710. The van der Waals surface area contributed by atoms with Gasteiger partial charge >= 0.3 is 0 Å². The van der Waals surface area contributed by atoms with Crippen molar-refractivity contribution < 1.29 is 4.74 Å². The Hall–Kier alpha value is -2.42. The minimum absolute atomic E-state index is 0.658. The lowest BCUT2D eigenvalue weighted by molar-refractivity contribution is 0.316. The Morgan fingerprint density at radius 1 is 1.10 bits per heavy atom. The molecule has 0 N–H and O–H groups in total. The van der Waals surface area contributed by atoms with Gasteiger partial charge in [-0.15, -0.1) is 0 Å². The van der Waals surface area contributed by atoms with Gasteiger partial charge in [-0.05, 0) is 17.2 Å². The van der Waals surface area contributed by atoms with Crippen molar-refractivity contribution in [3.63, 3.8) is 0 Å². The van der Waals surface area contributed by atoms with E-state index in [1.165, 1.54) is 5.39 Å². The van der Waals surface area contributed by atoms with E-state index < -0.39 is 0 Å². The summed E-state index contributed by atoms with van der Waals surface area (Å²) in [6, 6.07) is 14.4. The number of nitrogens with zero attached hydrogens (tertiary/aromatic N) is 2. The van der Waals surface area contributed by atoms with Crippen LogP contribution in [0.25, 0.3) is 22.0 Å². The SMILES string of the molecule is CCCOc1cn[c]nc1-c1cccc2ccccc12. The molecule has 0 aliphatic carbocycles. The Labute approximate surface area is 118 Å². The van der Waals surface area contributed by atoms with Crippen LogP contribution in [0.2, 0.25) is 0 Å². The third-order valence-electron chi connectivity index (χ3n) is 3.14. The number of hydrogen-bond acceptors (Lipinski definition) is 3. The fourth-order valence-corrected chi connectivity index (χ4v) is 2.23. The van der Waals surface area contributed by atoms with Crippen molar-refractivity contribution in [2.24, 2.45) is 0 Å². The maximum absolute atomic E-state index is 5.74. The van der Waals surface area contributed by atoms with Gasteiger partial charge < -0.3 is 4.74 Å². The summed E-state index contributed by atoms with van der Waals surface area (Å²) in [4.78, 5) is 8.23. The normalized spacial score (nSPS) is 10.7. The molecule has 3 rings (SSSR count). The highest BCUT2D eigenvalue weighted by atomic mass is 16.5. The predicted molar refractivity (Wildman–Crippen MR) is 79.6 cm³/mol. The molecule has 99 valence electrons. The van der Waals surface area contributed by atoms with Crippen LogP contribution in [-0.4, -0.2) is 16.6 Å². The molecule has 3 heteroatoms. The highest BCUT2D eigenvalue weighted by Crippen LogP contribution is 2.32. The van der Waals surface area contributed by atoms with Crippen molar-refractivity contribution in [2.75, 3.05) is 6.61 Å². The second kappa shape index (κ2) is 5.70. The van der Waals surface area contributed by atoms with Crippen molar-refractivity contribution in [3.8, 4) is 17.0 Å². The van der Waals surface area contributed by atoms with Crippen LogP contribution in [0.4, 0.5) is 0 Å². The Bertz CT molecular complexity index is 720. The van der Waals surface area contributed by atoms with Gasteiger partial charge in [0.15, 0.2) is 12.1 Å². The summed E-state index contributed by atoms with van der Waals surface area (Å²) in [6.45, 7) is 2.73. The van der Waals surface area contributed by atoms with Crippen LogP contribution in [0, 0.1) is 6.33 Å². The Morgan fingerprint density at radius 3 is 2.85 bits per heavy atom. The first kappa shape index (κ1) is 12.6. The van der Waals surface area contributed by atoms with Crippen LogP contribution in [0.1, 0.15) is 13.3 Å². The molecule has 1 heterocycles. The third-order valence-corrected chi connectivity index (χ3v) is 3.14. The molecule has 2 aromatic carbocycles. The maximum Gasteiger partial charge on any atom is 0.198 e. The smallest absolute Gasteiger partial charge is 0.198 e. The first-order chi connectivity index (χ1) is 9.90. The molecule has 20 heavy (non-hydrogen) atoms. The number of rotatable bonds is 4. The minimum Gasteiger partial charge on any atom is -0.490 e. The summed E-state index contributed by atoms with van der Waals surface area (Å²) in [5.41, 5.74) is 1.85. The van der Waals surface area contributed by atoms with Gasteiger partial charge in [-0.1, -0.05) is 49.4 Å². The Balaban J connectivity index is 2.16. The highest BCUT2D eigenvalue weighted by Gasteiger charge is 2.11. The number of hydrogen-bond donors (Lipinski definition) is 0. The molecule has 0 saturated carbocycles. The van der Waals surface area contributed by atoms with E-state index in [0.717, 1.165) is 23.1 Å². The molecule has 1 radical (unpaired) electrons. The summed E-state index contributed by atoms with van der Waals surface area (Å²) in [5, 5.41) is 2.34. The van der Waals surface area contributed by atoms with Crippen molar-refractivity contribution in [2.45, 2.75) is 13.3 Å². The van der Waals surface area contributed by atoms with Crippen LogP contribution >= 0.6 is 0 Å². The zero-order valence-electron chi connectivity index (χ0n) is 11.3. The largest absolute Gasteiger partial charge is 0.490 e. The molecule has 0 aliphatic heterocycles. The van der Waals surface area contributed by atoms with E-state index in [-0.39, 0.29) is 0 Å². The van der Waals surface area contributed by atoms with Gasteiger partial charge in [-0.25, -0.2) is 9.97 Å². The topological polar surface area (TPSA) is 35.0 Å². The van der Waals surface area contributed by atoms with E-state index in [4.69, 9.17) is 4.74 Å². The zero-order valence-corrected chi connectivity index (χ0v) is 11.3. The third kappa shape index (κ3) is 2.35. The molecule has 3 nitrogen and oxygen atoms in total. The van der Waals surface area contributed by atoms with Gasteiger partial charge in [0.25, 0.3) is 0 Å². The summed E-state index contributed by atoms with van der Waals surface area (Å²) < 4.78 is 5.74. The fourth-order valence-electron chi connectivity index (χ4n) is 2.23. The minimum atomic E-state index is 0.658. The average molecular weight is 263 g/mol. The van der Waals surface area contributed by atoms with Crippen LogP contribution in [-0.2, 0) is 0 Å². The lowest BCUT2D eigenvalue weighted by Gasteiger charge is -2.11. The van der Waals surface area contributed by atoms with Gasteiger partial charge in [0.2, 0.25) is 0 Å². The standard InChI is InChI=1S/C17H15N2O/c1-2-10-20-16-11-18-12-19-17(16)15-9-5-7-13-6-3-4-8-14(13)15/h3-9,11H,2,10H2,1H3. The molecule has 0 fully saturated rings. The summed E-state index contributed by atoms with van der Waals surface area (Å²) in [6.07, 6.45) is 5.29. The lowest BCUT2D eigenvalue weighted by atomic mass is 10.0. The van der Waals surface area contributed by atoms with Gasteiger partial charge in [-0.3, -0.25) is 0 Å². The Morgan fingerprint density at radius 2 is 1.95 bits per heavy atom. The highest BCUT2D eigenvalue weighted by molar-refractivity contribution is 5.96. The number of fused-ring (bicyclic) bond motifs is 1. The molecule has 1 aromatic heterocycles. The summed E-state index contributed by atoms with van der Waals surface area (Å²) in [7, 11) is 0. The molecule has 0 unspecified atom stereocenters. The molecular formula is C17H15N2O. The van der Waals surface area contributed by atoms with Crippen molar-refractivity contribution in [1.29, 1.82) is 0 Å². The second-order valence-corrected chi connectivity index (χ2v) is 4.56. The van der Waals surface area contributed by atoms with Gasteiger partial charge in [-0.2, -0.15) is 0 Å². The zero-order chi connectivity index (χ0) is 13.8. The molecule has 0 amide bonds. The first-order valence-corrected chi connectivity index (χ1v) is 6.74. The van der Waals surface area contributed by atoms with E-state index in [0.29, 0.717) is 12.4 Å². The van der Waals surface area contributed by atoms with Gasteiger partial charge in [0, 0.05) is 5.56 Å². The molecular weight excluding hydrogens is 248 g/mol. The molecule has 0 saturated heterocycles. The first-order valence-electron chi connectivity index (χ1n) is 6.74. The number of benzene rings is 2. The average Bonchev–Trinajstić information content (AvgIpc) is 2.53. The van der Waals surface area contributed by atoms with Crippen molar-refractivity contribution in [3.05, 3.63) is 55.0 Å². The number of ether oxygens (including phenoxy) is 1. The van der Waals surface area contributed by atoms with E-state index >= 15 is 0 Å². The lowest BCUT2D eigenvalue weighted by Crippen LogP contribution is -1.99. The van der Waals surface area contributed by atoms with Crippen molar-refractivity contribution in [1.82, 2.24) is 9.97 Å². The predicted octanol–water partition coefficient (Wildman–Crippen LogP) is 3.89. The Kier molecular flexibility index (Phi) is 3.59. The molecule has 0 spiro atoms. The van der Waals surface area contributed by atoms with Gasteiger partial charge in [0.1, 0.15) is 5.69 Å². The fraction of sp³-hybridized carbons (Fsp3) is 0.176. The quantitative estimate of drug-likeness (QED) is 0.716. The van der Waals surface area contributed by atoms with Crippen LogP contribution in [0.3, 0.4) is 0 Å². The van der Waals surface area contributed by atoms with Crippen LogP contribution in [0.15, 0.2) is 48.7 Å². The van der Waals surface area contributed by atoms with Crippen molar-refractivity contribution >= 4 is 10.8 Å². The molecule has 0 aliphatic rings. The number of aromatic nitrogens is 2. The van der Waals surface area contributed by atoms with Gasteiger partial charge in [0.05, 0.1) is 12.8 Å². The molecule has 0 atom stereocenters. The maximum atomic E-state index is 5.74. The van der Waals surface area contributed by atoms with E-state index in [1.807, 2.05) is 18.2 Å². The van der Waals surface area contributed by atoms with E-state index in [2.05, 4.69) is 47.5 Å². The van der Waals surface area contributed by atoms with E-state index in [9.17, 15) is 0 Å². The molecule has 3 aromatic rings.